The monoisotopic (exact) mass is 839 g/mol. The van der Waals surface area contributed by atoms with Gasteiger partial charge in [0.25, 0.3) is 0 Å². The minimum absolute atomic E-state index is 0.144. The summed E-state index contributed by atoms with van der Waals surface area (Å²) in [4.78, 5) is 2.51. The Bertz CT molecular complexity index is 3550. The average Bonchev–Trinajstić information content (AvgIpc) is 3.93. The van der Waals surface area contributed by atoms with Crippen molar-refractivity contribution in [2.75, 3.05) is 4.90 Å². The molecule has 0 aromatic heterocycles. The van der Waals surface area contributed by atoms with Crippen molar-refractivity contribution in [2.24, 2.45) is 0 Å². The minimum Gasteiger partial charge on any atom is -0.310 e. The fraction of sp³-hybridized carbons (Fsp3) is 0.0769. The molecule has 0 aliphatic heterocycles. The van der Waals surface area contributed by atoms with Crippen molar-refractivity contribution in [1.82, 2.24) is 0 Å². The van der Waals surface area contributed by atoms with Gasteiger partial charge >= 0.3 is 0 Å². The van der Waals surface area contributed by atoms with E-state index < -0.39 is 10.8 Å². The smallest absolute Gasteiger partial charge is 0.0720 e. The Labute approximate surface area is 387 Å². The van der Waals surface area contributed by atoms with E-state index in [4.69, 9.17) is 0 Å². The molecular formula is C65H45N. The van der Waals surface area contributed by atoms with Crippen LogP contribution in [0.25, 0.3) is 44.5 Å². The highest BCUT2D eigenvalue weighted by molar-refractivity contribution is 5.97. The van der Waals surface area contributed by atoms with E-state index in [0.717, 1.165) is 17.1 Å². The molecule has 0 saturated carbocycles. The molecule has 2 spiro atoms. The van der Waals surface area contributed by atoms with Crippen LogP contribution >= 0.6 is 0 Å². The number of para-hydroxylation sites is 1. The number of rotatable bonds is 4. The second-order valence-corrected chi connectivity index (χ2v) is 19.1. The summed E-state index contributed by atoms with van der Waals surface area (Å²) in [7, 11) is 0. The van der Waals surface area contributed by atoms with Crippen molar-refractivity contribution in [2.45, 2.75) is 30.1 Å². The average molecular weight is 840 g/mol. The van der Waals surface area contributed by atoms with Gasteiger partial charge in [0.2, 0.25) is 0 Å². The van der Waals surface area contributed by atoms with Crippen LogP contribution in [0.15, 0.2) is 237 Å². The normalized spacial score (nSPS) is 15.2. The summed E-state index contributed by atoms with van der Waals surface area (Å²) in [5.74, 6) is 0. The second-order valence-electron chi connectivity index (χ2n) is 19.1. The molecule has 1 heteroatoms. The van der Waals surface area contributed by atoms with Gasteiger partial charge in [0.15, 0.2) is 0 Å². The maximum atomic E-state index is 2.51. The Morgan fingerprint density at radius 3 is 1.17 bits per heavy atom. The van der Waals surface area contributed by atoms with Crippen molar-refractivity contribution < 1.29 is 0 Å². The zero-order valence-electron chi connectivity index (χ0n) is 37.0. The number of nitrogens with zero attached hydrogens (tertiary/aromatic N) is 1. The lowest BCUT2D eigenvalue weighted by Gasteiger charge is -2.48. The van der Waals surface area contributed by atoms with Crippen LogP contribution in [0, 0.1) is 0 Å². The maximum Gasteiger partial charge on any atom is 0.0720 e. The Kier molecular flexibility index (Phi) is 7.66. The zero-order valence-corrected chi connectivity index (χ0v) is 37.0. The summed E-state index contributed by atoms with van der Waals surface area (Å²) in [6.45, 7) is 4.75. The van der Waals surface area contributed by atoms with Gasteiger partial charge in [-0.3, -0.25) is 0 Å². The highest BCUT2D eigenvalue weighted by Gasteiger charge is 2.59. The van der Waals surface area contributed by atoms with Crippen LogP contribution < -0.4 is 4.90 Å². The molecule has 10 aromatic rings. The lowest BCUT2D eigenvalue weighted by molar-refractivity contribution is 0.633. The standard InChI is InChI=1S/C65H45N/c1-63(2)52-27-11-6-23-46(52)50-38-36-44(41-61(50)63)66(62-35-19-10-22-45(62)42-20-4-3-5-21-42)43-37-39-56-51(40-43)49-26-9-14-30-55(49)65(56)59-33-17-15-31-57(59)64(58-32-16-18-34-60(58)65)53-28-12-7-24-47(53)48-25-8-13-29-54(48)64/h3-41H,1-2H3. The molecule has 10 aromatic carbocycles. The van der Waals surface area contributed by atoms with Crippen LogP contribution in [0.2, 0.25) is 0 Å². The number of anilines is 3. The first-order chi connectivity index (χ1) is 32.5. The molecule has 0 atom stereocenters. The highest BCUT2D eigenvalue weighted by Crippen LogP contribution is 2.67. The van der Waals surface area contributed by atoms with Gasteiger partial charge in [-0.1, -0.05) is 220 Å². The fourth-order valence-electron chi connectivity index (χ4n) is 13.2. The molecule has 1 nitrogen and oxygen atoms in total. The molecule has 0 unspecified atom stereocenters. The summed E-state index contributed by atoms with van der Waals surface area (Å²) >= 11 is 0. The third-order valence-electron chi connectivity index (χ3n) is 15.8. The van der Waals surface area contributed by atoms with Crippen LogP contribution in [0.4, 0.5) is 17.1 Å². The van der Waals surface area contributed by atoms with Crippen LogP contribution in [-0.4, -0.2) is 0 Å². The summed E-state index contributed by atoms with van der Waals surface area (Å²) in [5, 5.41) is 0. The highest BCUT2D eigenvalue weighted by atomic mass is 15.1. The third kappa shape index (κ3) is 4.64. The summed E-state index contributed by atoms with van der Waals surface area (Å²) in [5.41, 5.74) is 26.0. The third-order valence-corrected chi connectivity index (χ3v) is 15.8. The molecule has 0 heterocycles. The van der Waals surface area contributed by atoms with Crippen LogP contribution in [-0.2, 0) is 16.2 Å². The van der Waals surface area contributed by atoms with Crippen molar-refractivity contribution in [3.05, 3.63) is 292 Å². The molecule has 0 N–H and O–H groups in total. The van der Waals surface area contributed by atoms with Crippen molar-refractivity contribution >= 4 is 17.1 Å². The van der Waals surface area contributed by atoms with E-state index in [1.165, 1.54) is 100 Å². The van der Waals surface area contributed by atoms with Crippen molar-refractivity contribution in [1.29, 1.82) is 0 Å². The summed E-state index contributed by atoms with van der Waals surface area (Å²) in [6.07, 6.45) is 0. The topological polar surface area (TPSA) is 3.24 Å². The Balaban J connectivity index is 1.04. The van der Waals surface area contributed by atoms with Gasteiger partial charge in [0, 0.05) is 22.4 Å². The van der Waals surface area contributed by atoms with Crippen LogP contribution in [0.3, 0.4) is 0 Å². The summed E-state index contributed by atoms with van der Waals surface area (Å²) in [6, 6.07) is 89.5. The molecule has 0 bridgehead atoms. The van der Waals surface area contributed by atoms with Gasteiger partial charge in [-0.2, -0.15) is 0 Å². The number of benzene rings is 10. The molecule has 4 aliphatic carbocycles. The largest absolute Gasteiger partial charge is 0.310 e. The van der Waals surface area contributed by atoms with Gasteiger partial charge < -0.3 is 4.90 Å². The quantitative estimate of drug-likeness (QED) is 0.171. The van der Waals surface area contributed by atoms with Gasteiger partial charge in [0.05, 0.1) is 16.5 Å². The molecule has 0 amide bonds. The van der Waals surface area contributed by atoms with Crippen LogP contribution in [0.5, 0.6) is 0 Å². The van der Waals surface area contributed by atoms with E-state index in [-0.39, 0.29) is 5.41 Å². The van der Waals surface area contributed by atoms with E-state index in [1.54, 1.807) is 0 Å². The first kappa shape index (κ1) is 37.4. The Morgan fingerprint density at radius 1 is 0.258 bits per heavy atom. The molecule has 4 aliphatic rings. The van der Waals surface area contributed by atoms with Crippen molar-refractivity contribution in [3.8, 4) is 44.5 Å². The number of hydrogen-bond donors (Lipinski definition) is 0. The lowest BCUT2D eigenvalue weighted by atomic mass is 9.52. The molecule has 14 rings (SSSR count). The SMILES string of the molecule is CC1(C)c2ccccc2-c2ccc(N(c3ccc4c(c3)-c3ccccc3C43c4ccccc4C4(c5ccccc5-c5ccccc54)c4ccccc43)c3ccccc3-c3ccccc3)cc21. The molecule has 0 saturated heterocycles. The Hall–Kier alpha value is -8.00. The van der Waals surface area contributed by atoms with E-state index in [2.05, 4.69) is 255 Å². The van der Waals surface area contributed by atoms with Gasteiger partial charge in [-0.05, 0) is 125 Å². The van der Waals surface area contributed by atoms with E-state index in [9.17, 15) is 0 Å². The van der Waals surface area contributed by atoms with Gasteiger partial charge in [-0.25, -0.2) is 0 Å². The van der Waals surface area contributed by atoms with Crippen LogP contribution in [0.1, 0.15) is 69.5 Å². The van der Waals surface area contributed by atoms with E-state index in [1.807, 2.05) is 0 Å². The predicted octanol–water partition coefficient (Wildman–Crippen LogP) is 16.2. The van der Waals surface area contributed by atoms with E-state index in [0.29, 0.717) is 0 Å². The number of fused-ring (bicyclic) bond motifs is 19. The zero-order chi connectivity index (χ0) is 43.8. The van der Waals surface area contributed by atoms with Gasteiger partial charge in [0.1, 0.15) is 0 Å². The molecule has 66 heavy (non-hydrogen) atoms. The molecule has 0 radical (unpaired) electrons. The lowest BCUT2D eigenvalue weighted by Crippen LogP contribution is -2.43. The predicted molar refractivity (Wildman–Crippen MR) is 272 cm³/mol. The maximum absolute atomic E-state index is 2.51. The van der Waals surface area contributed by atoms with Crippen molar-refractivity contribution in [3.63, 3.8) is 0 Å². The second kappa shape index (κ2) is 13.5. The summed E-state index contributed by atoms with van der Waals surface area (Å²) < 4.78 is 0. The Morgan fingerprint density at radius 2 is 0.621 bits per heavy atom. The first-order valence-electron chi connectivity index (χ1n) is 23.3. The molecular weight excluding hydrogens is 795 g/mol. The van der Waals surface area contributed by atoms with E-state index >= 15 is 0 Å². The number of hydrogen-bond acceptors (Lipinski definition) is 1. The minimum atomic E-state index is -0.550. The molecule has 310 valence electrons. The molecule has 0 fully saturated rings. The first-order valence-corrected chi connectivity index (χ1v) is 23.3. The fourth-order valence-corrected chi connectivity index (χ4v) is 13.2. The van der Waals surface area contributed by atoms with Gasteiger partial charge in [-0.15, -0.1) is 0 Å².